The van der Waals surface area contributed by atoms with Gasteiger partial charge in [-0.05, 0) is 26.8 Å². The summed E-state index contributed by atoms with van der Waals surface area (Å²) in [5.41, 5.74) is 0.513. The molecule has 1 N–H and O–H groups in total. The van der Waals surface area contributed by atoms with Crippen molar-refractivity contribution in [1.82, 2.24) is 0 Å². The SMILES string of the molecule is CCOc1cc(Cl)c(NC(=O)C(N=Nc2cc(Cl)c(OC)c(OC)c2)C(C)=O)cc1OCC. The number of hydrogen-bond acceptors (Lipinski definition) is 8. The maximum atomic E-state index is 12.8. The lowest BCUT2D eigenvalue weighted by Crippen LogP contribution is -2.32. The molecule has 0 aliphatic rings. The number of carbonyl (C=O) groups is 2. The van der Waals surface area contributed by atoms with Gasteiger partial charge in [-0.25, -0.2) is 0 Å². The summed E-state index contributed by atoms with van der Waals surface area (Å²) >= 11 is 12.5. The van der Waals surface area contributed by atoms with Gasteiger partial charge in [-0.1, -0.05) is 23.2 Å². The van der Waals surface area contributed by atoms with E-state index < -0.39 is 17.7 Å². The molecule has 0 fully saturated rings. The van der Waals surface area contributed by atoms with Gasteiger partial charge in [0, 0.05) is 18.2 Å². The van der Waals surface area contributed by atoms with Gasteiger partial charge in [-0.2, -0.15) is 10.2 Å². The zero-order valence-corrected chi connectivity index (χ0v) is 20.4. The molecule has 2 aromatic rings. The number of azo groups is 1. The minimum Gasteiger partial charge on any atom is -0.493 e. The molecule has 0 radical (unpaired) electrons. The van der Waals surface area contributed by atoms with Gasteiger partial charge in [0.15, 0.2) is 28.8 Å². The maximum absolute atomic E-state index is 12.8. The van der Waals surface area contributed by atoms with Crippen LogP contribution >= 0.6 is 23.2 Å². The third kappa shape index (κ3) is 6.72. The van der Waals surface area contributed by atoms with E-state index in [9.17, 15) is 9.59 Å². The fourth-order valence-electron chi connectivity index (χ4n) is 2.77. The van der Waals surface area contributed by atoms with Crippen LogP contribution in [0, 0.1) is 0 Å². The second-order valence-electron chi connectivity index (χ2n) is 6.53. The molecule has 9 nitrogen and oxygen atoms in total. The van der Waals surface area contributed by atoms with Gasteiger partial charge in [0.25, 0.3) is 5.91 Å². The lowest BCUT2D eigenvalue weighted by Gasteiger charge is -2.15. The molecule has 2 aromatic carbocycles. The van der Waals surface area contributed by atoms with E-state index in [0.717, 1.165) is 0 Å². The van der Waals surface area contributed by atoms with Crippen LogP contribution in [0.15, 0.2) is 34.5 Å². The van der Waals surface area contributed by atoms with E-state index in [4.69, 9.17) is 42.1 Å². The van der Waals surface area contributed by atoms with E-state index in [2.05, 4.69) is 15.5 Å². The molecule has 0 saturated carbocycles. The van der Waals surface area contributed by atoms with Crippen LogP contribution in [0.1, 0.15) is 20.8 Å². The standard InChI is InChI=1S/C22H25Cl2N3O6/c1-6-32-17-10-14(23)16(11-18(17)33-7-2)25-22(29)20(12(3)28)27-26-13-8-15(24)21(31-5)19(9-13)30-4/h8-11,20H,6-7H2,1-5H3,(H,25,29). The fourth-order valence-corrected chi connectivity index (χ4v) is 3.26. The van der Waals surface area contributed by atoms with E-state index in [1.165, 1.54) is 45.4 Å². The molecule has 0 heterocycles. The molecular formula is C22H25Cl2N3O6. The van der Waals surface area contributed by atoms with Crippen LogP contribution in [0.3, 0.4) is 0 Å². The first-order chi connectivity index (χ1) is 15.7. The Kier molecular flexibility index (Phi) is 9.74. The molecule has 178 valence electrons. The first kappa shape index (κ1) is 26.2. The monoisotopic (exact) mass is 497 g/mol. The van der Waals surface area contributed by atoms with Crippen LogP contribution in [0.5, 0.6) is 23.0 Å². The number of amides is 1. The summed E-state index contributed by atoms with van der Waals surface area (Å²) in [4.78, 5) is 24.9. The first-order valence-corrected chi connectivity index (χ1v) is 10.7. The second-order valence-corrected chi connectivity index (χ2v) is 7.34. The van der Waals surface area contributed by atoms with Crippen molar-refractivity contribution >= 4 is 46.3 Å². The van der Waals surface area contributed by atoms with E-state index in [0.29, 0.717) is 36.2 Å². The number of nitrogens with zero attached hydrogens (tertiary/aromatic N) is 2. The Morgan fingerprint density at radius 3 is 2.12 bits per heavy atom. The van der Waals surface area contributed by atoms with Crippen molar-refractivity contribution in [3.05, 3.63) is 34.3 Å². The van der Waals surface area contributed by atoms with Gasteiger partial charge < -0.3 is 24.3 Å². The number of benzene rings is 2. The van der Waals surface area contributed by atoms with Crippen molar-refractivity contribution in [1.29, 1.82) is 0 Å². The van der Waals surface area contributed by atoms with Crippen LogP contribution in [-0.2, 0) is 9.59 Å². The molecule has 0 aliphatic heterocycles. The zero-order valence-electron chi connectivity index (χ0n) is 18.9. The van der Waals surface area contributed by atoms with E-state index >= 15 is 0 Å². The summed E-state index contributed by atoms with van der Waals surface area (Å²) < 4.78 is 21.5. The number of anilines is 1. The quantitative estimate of drug-likeness (QED) is 0.324. The Hall–Kier alpha value is -3.04. The normalized spacial score (nSPS) is 11.7. The van der Waals surface area contributed by atoms with E-state index in [1.54, 1.807) is 0 Å². The highest BCUT2D eigenvalue weighted by Gasteiger charge is 2.25. The third-order valence-electron chi connectivity index (χ3n) is 4.23. The van der Waals surface area contributed by atoms with Crippen LogP contribution in [-0.4, -0.2) is 45.2 Å². The van der Waals surface area contributed by atoms with Gasteiger partial charge in [-0.3, -0.25) is 9.59 Å². The van der Waals surface area contributed by atoms with Crippen molar-refractivity contribution in [2.24, 2.45) is 10.2 Å². The number of Topliss-reactive ketones (excluding diaryl/α,β-unsaturated/α-hetero) is 1. The molecule has 11 heteroatoms. The molecule has 0 aromatic heterocycles. The Morgan fingerprint density at radius 2 is 1.58 bits per heavy atom. The summed E-state index contributed by atoms with van der Waals surface area (Å²) in [6.07, 6.45) is 0. The Labute approximate surface area is 202 Å². The summed E-state index contributed by atoms with van der Waals surface area (Å²) in [5, 5.41) is 10.9. The maximum Gasteiger partial charge on any atom is 0.258 e. The van der Waals surface area contributed by atoms with Gasteiger partial charge in [0.1, 0.15) is 0 Å². The van der Waals surface area contributed by atoms with Gasteiger partial charge in [-0.15, -0.1) is 0 Å². The largest absolute Gasteiger partial charge is 0.493 e. The highest BCUT2D eigenvalue weighted by molar-refractivity contribution is 6.34. The van der Waals surface area contributed by atoms with Crippen LogP contribution < -0.4 is 24.3 Å². The molecule has 33 heavy (non-hydrogen) atoms. The van der Waals surface area contributed by atoms with E-state index in [-0.39, 0.29) is 21.4 Å². The number of hydrogen-bond donors (Lipinski definition) is 1. The molecule has 0 spiro atoms. The molecule has 1 atom stereocenters. The lowest BCUT2D eigenvalue weighted by molar-refractivity contribution is -0.126. The van der Waals surface area contributed by atoms with Crippen LogP contribution in [0.25, 0.3) is 0 Å². The van der Waals surface area contributed by atoms with Gasteiger partial charge in [0.2, 0.25) is 6.04 Å². The second kappa shape index (κ2) is 12.3. The Balaban J connectivity index is 2.30. The molecule has 0 saturated heterocycles. The summed E-state index contributed by atoms with van der Waals surface area (Å²) in [7, 11) is 2.89. The molecule has 1 amide bonds. The molecule has 0 bridgehead atoms. The first-order valence-electron chi connectivity index (χ1n) is 9.98. The number of nitrogens with one attached hydrogen (secondary N) is 1. The number of halogens is 2. The topological polar surface area (TPSA) is 108 Å². The van der Waals surface area contributed by atoms with Crippen molar-refractivity contribution in [2.45, 2.75) is 26.8 Å². The average Bonchev–Trinajstić information content (AvgIpc) is 2.76. The number of ketones is 1. The van der Waals surface area contributed by atoms with Crippen LogP contribution in [0.2, 0.25) is 10.0 Å². The predicted molar refractivity (Wildman–Crippen MR) is 126 cm³/mol. The Bertz CT molecular complexity index is 1050. The lowest BCUT2D eigenvalue weighted by atomic mass is 10.2. The zero-order chi connectivity index (χ0) is 24.5. The van der Waals surface area contributed by atoms with Crippen LogP contribution in [0.4, 0.5) is 11.4 Å². The van der Waals surface area contributed by atoms with Gasteiger partial charge in [0.05, 0.1) is 48.9 Å². The molecular weight excluding hydrogens is 473 g/mol. The molecule has 0 aliphatic carbocycles. The number of ether oxygens (including phenoxy) is 4. The third-order valence-corrected chi connectivity index (χ3v) is 4.82. The van der Waals surface area contributed by atoms with Crippen molar-refractivity contribution in [2.75, 3.05) is 32.8 Å². The number of rotatable bonds is 11. The highest BCUT2D eigenvalue weighted by Crippen LogP contribution is 2.39. The smallest absolute Gasteiger partial charge is 0.258 e. The number of methoxy groups -OCH3 is 2. The number of carbonyl (C=O) groups excluding carboxylic acids is 2. The van der Waals surface area contributed by atoms with Crippen molar-refractivity contribution in [3.8, 4) is 23.0 Å². The molecule has 2 rings (SSSR count). The van der Waals surface area contributed by atoms with E-state index in [1.807, 2.05) is 13.8 Å². The predicted octanol–water partition coefficient (Wildman–Crippen LogP) is 5.49. The van der Waals surface area contributed by atoms with Gasteiger partial charge >= 0.3 is 0 Å². The summed E-state index contributed by atoms with van der Waals surface area (Å²) in [5.74, 6) is 0.262. The minimum absolute atomic E-state index is 0.209. The molecule has 1 unspecified atom stereocenters. The average molecular weight is 498 g/mol. The minimum atomic E-state index is -1.42. The van der Waals surface area contributed by atoms with Crippen molar-refractivity contribution < 1.29 is 28.5 Å². The fraction of sp³-hybridized carbons (Fsp3) is 0.364. The summed E-state index contributed by atoms with van der Waals surface area (Å²) in [6.45, 7) is 5.67. The highest BCUT2D eigenvalue weighted by atomic mass is 35.5. The summed E-state index contributed by atoms with van der Waals surface area (Å²) in [6, 6.07) is 4.62. The van der Waals surface area contributed by atoms with Crippen molar-refractivity contribution in [3.63, 3.8) is 0 Å². The Morgan fingerprint density at radius 1 is 0.939 bits per heavy atom.